The van der Waals surface area contributed by atoms with Gasteiger partial charge in [0.1, 0.15) is 11.4 Å². The fourth-order valence-corrected chi connectivity index (χ4v) is 3.21. The molecular weight excluding hydrogens is 327 g/mol. The molecule has 1 amide bonds. The highest BCUT2D eigenvalue weighted by Crippen LogP contribution is 2.36. The highest BCUT2D eigenvalue weighted by molar-refractivity contribution is 5.76. The summed E-state index contributed by atoms with van der Waals surface area (Å²) in [6.45, 7) is 6.31. The van der Waals surface area contributed by atoms with E-state index in [1.807, 2.05) is 26.8 Å². The van der Waals surface area contributed by atoms with Crippen molar-refractivity contribution in [3.05, 3.63) is 29.7 Å². The lowest BCUT2D eigenvalue weighted by Crippen LogP contribution is -2.57. The van der Waals surface area contributed by atoms with Gasteiger partial charge in [0.15, 0.2) is 0 Å². The van der Waals surface area contributed by atoms with E-state index in [4.69, 9.17) is 14.2 Å². The van der Waals surface area contributed by atoms with Gasteiger partial charge in [0.2, 0.25) is 5.88 Å². The maximum Gasteiger partial charge on any atom is 0.411 e. The molecule has 1 saturated heterocycles. The number of morpholine rings is 1. The Bertz CT molecular complexity index is 699. The summed E-state index contributed by atoms with van der Waals surface area (Å²) in [6.07, 6.45) is 3.21. The molecule has 3 heterocycles. The van der Waals surface area contributed by atoms with Gasteiger partial charge >= 0.3 is 6.09 Å². The van der Waals surface area contributed by atoms with Crippen molar-refractivity contribution in [1.29, 1.82) is 0 Å². The van der Waals surface area contributed by atoms with Crippen LogP contribution in [0.5, 0.6) is 5.88 Å². The summed E-state index contributed by atoms with van der Waals surface area (Å²) in [6, 6.07) is 0.990. The van der Waals surface area contributed by atoms with Crippen molar-refractivity contribution < 1.29 is 23.4 Å². The van der Waals surface area contributed by atoms with E-state index < -0.39 is 11.4 Å². The predicted octanol–water partition coefficient (Wildman–Crippen LogP) is 3.02. The molecular formula is C18H23FN2O4. The normalized spacial score (nSPS) is 23.1. The molecule has 1 fully saturated rings. The number of pyridine rings is 1. The monoisotopic (exact) mass is 350 g/mol. The molecule has 0 radical (unpaired) electrons. The quantitative estimate of drug-likeness (QED) is 0.820. The van der Waals surface area contributed by atoms with Crippen LogP contribution in [0.25, 0.3) is 5.57 Å². The molecule has 25 heavy (non-hydrogen) atoms. The molecule has 7 heteroatoms. The Balaban J connectivity index is 1.92. The second-order valence-corrected chi connectivity index (χ2v) is 7.25. The number of aromatic nitrogens is 1. The summed E-state index contributed by atoms with van der Waals surface area (Å²) in [4.78, 5) is 18.3. The Labute approximate surface area is 146 Å². The van der Waals surface area contributed by atoms with E-state index in [1.165, 1.54) is 13.2 Å². The number of hydrogen-bond donors (Lipinski definition) is 0. The number of methoxy groups -OCH3 is 1. The second-order valence-electron chi connectivity index (χ2n) is 7.25. The van der Waals surface area contributed by atoms with Crippen LogP contribution in [0.3, 0.4) is 0 Å². The standard InChI is InChI=1S/C18H23FN2O4/c1-18(2,3)25-17(22)21-13-5-11(6-14(21)10-24-9-13)15-7-12(19)8-20-16(15)23-4/h5,7-8,13-14H,6,9-10H2,1-4H3. The van der Waals surface area contributed by atoms with Gasteiger partial charge in [-0.15, -0.1) is 0 Å². The molecule has 2 unspecified atom stereocenters. The van der Waals surface area contributed by atoms with E-state index in [-0.39, 0.29) is 18.2 Å². The lowest BCUT2D eigenvalue weighted by atomic mass is 9.90. The number of rotatable bonds is 2. The highest BCUT2D eigenvalue weighted by Gasteiger charge is 2.40. The van der Waals surface area contributed by atoms with Gasteiger partial charge < -0.3 is 14.2 Å². The second kappa shape index (κ2) is 6.63. The molecule has 0 spiro atoms. The van der Waals surface area contributed by atoms with Crippen molar-refractivity contribution in [2.45, 2.75) is 44.9 Å². The van der Waals surface area contributed by atoms with Crippen LogP contribution in [0.15, 0.2) is 18.3 Å². The van der Waals surface area contributed by atoms with Crippen molar-refractivity contribution >= 4 is 11.7 Å². The number of ether oxygens (including phenoxy) is 3. The molecule has 136 valence electrons. The van der Waals surface area contributed by atoms with Crippen LogP contribution in [0, 0.1) is 5.82 Å². The van der Waals surface area contributed by atoms with E-state index in [0.29, 0.717) is 31.1 Å². The van der Waals surface area contributed by atoms with Crippen molar-refractivity contribution in [1.82, 2.24) is 9.88 Å². The van der Waals surface area contributed by atoms with Crippen LogP contribution in [0.2, 0.25) is 0 Å². The molecule has 2 bridgehead atoms. The Morgan fingerprint density at radius 2 is 2.16 bits per heavy atom. The molecule has 2 aliphatic rings. The number of nitrogens with zero attached hydrogens (tertiary/aromatic N) is 2. The van der Waals surface area contributed by atoms with Crippen LogP contribution in [-0.4, -0.2) is 54.0 Å². The molecule has 0 aromatic carbocycles. The lowest BCUT2D eigenvalue weighted by molar-refractivity contribution is -0.0510. The van der Waals surface area contributed by atoms with Crippen LogP contribution in [0.4, 0.5) is 9.18 Å². The zero-order valence-electron chi connectivity index (χ0n) is 14.9. The van der Waals surface area contributed by atoms with Gasteiger partial charge in [-0.3, -0.25) is 4.90 Å². The first-order valence-corrected chi connectivity index (χ1v) is 8.28. The maximum absolute atomic E-state index is 13.7. The van der Waals surface area contributed by atoms with Crippen molar-refractivity contribution in [3.63, 3.8) is 0 Å². The van der Waals surface area contributed by atoms with Crippen molar-refractivity contribution in [3.8, 4) is 5.88 Å². The number of hydrogen-bond acceptors (Lipinski definition) is 5. The summed E-state index contributed by atoms with van der Waals surface area (Å²) in [5.74, 6) is -0.0509. The molecule has 3 rings (SSSR count). The fraction of sp³-hybridized carbons (Fsp3) is 0.556. The number of amides is 1. The summed E-state index contributed by atoms with van der Waals surface area (Å²) < 4.78 is 30.0. The van der Waals surface area contributed by atoms with Crippen LogP contribution < -0.4 is 4.74 Å². The van der Waals surface area contributed by atoms with E-state index in [2.05, 4.69) is 4.98 Å². The zero-order valence-corrected chi connectivity index (χ0v) is 14.9. The first-order chi connectivity index (χ1) is 11.8. The summed E-state index contributed by atoms with van der Waals surface area (Å²) in [7, 11) is 1.50. The third-order valence-corrected chi connectivity index (χ3v) is 4.16. The lowest BCUT2D eigenvalue weighted by Gasteiger charge is -2.44. The smallest absolute Gasteiger partial charge is 0.411 e. The molecule has 0 aliphatic carbocycles. The average molecular weight is 350 g/mol. The van der Waals surface area contributed by atoms with Gasteiger partial charge in [0, 0.05) is 5.56 Å². The van der Waals surface area contributed by atoms with Crippen LogP contribution in [-0.2, 0) is 9.47 Å². The number of carbonyl (C=O) groups is 1. The van der Waals surface area contributed by atoms with Crippen LogP contribution >= 0.6 is 0 Å². The molecule has 0 N–H and O–H groups in total. The Morgan fingerprint density at radius 1 is 1.40 bits per heavy atom. The van der Waals surface area contributed by atoms with Gasteiger partial charge in [-0.1, -0.05) is 6.08 Å². The fourth-order valence-electron chi connectivity index (χ4n) is 3.21. The minimum atomic E-state index is -0.564. The molecule has 2 atom stereocenters. The predicted molar refractivity (Wildman–Crippen MR) is 89.8 cm³/mol. The Kier molecular flexibility index (Phi) is 4.69. The molecule has 1 aromatic rings. The van der Waals surface area contributed by atoms with E-state index in [9.17, 15) is 9.18 Å². The van der Waals surface area contributed by atoms with Crippen molar-refractivity contribution in [2.75, 3.05) is 20.3 Å². The minimum Gasteiger partial charge on any atom is -0.481 e. The summed E-state index contributed by atoms with van der Waals surface area (Å²) in [5.41, 5.74) is 0.955. The first kappa shape index (κ1) is 17.7. The van der Waals surface area contributed by atoms with Gasteiger partial charge in [-0.05, 0) is 38.8 Å². The highest BCUT2D eigenvalue weighted by atomic mass is 19.1. The van der Waals surface area contributed by atoms with Gasteiger partial charge in [-0.25, -0.2) is 14.2 Å². The third kappa shape index (κ3) is 3.76. The zero-order chi connectivity index (χ0) is 18.2. The number of halogens is 1. The van der Waals surface area contributed by atoms with Crippen molar-refractivity contribution in [2.24, 2.45) is 0 Å². The van der Waals surface area contributed by atoms with Gasteiger partial charge in [0.05, 0.1) is 38.6 Å². The first-order valence-electron chi connectivity index (χ1n) is 8.28. The molecule has 6 nitrogen and oxygen atoms in total. The molecule has 2 aliphatic heterocycles. The Morgan fingerprint density at radius 3 is 2.80 bits per heavy atom. The summed E-state index contributed by atoms with van der Waals surface area (Å²) >= 11 is 0. The minimum absolute atomic E-state index is 0.165. The topological polar surface area (TPSA) is 60.9 Å². The number of fused-ring (bicyclic) bond motifs is 2. The van der Waals surface area contributed by atoms with E-state index >= 15 is 0 Å². The Hall–Kier alpha value is -2.15. The maximum atomic E-state index is 13.7. The van der Waals surface area contributed by atoms with Gasteiger partial charge in [0.25, 0.3) is 0 Å². The average Bonchev–Trinajstić information content (AvgIpc) is 2.51. The van der Waals surface area contributed by atoms with E-state index in [1.54, 1.807) is 4.90 Å². The molecule has 0 saturated carbocycles. The summed E-state index contributed by atoms with van der Waals surface area (Å²) in [5, 5.41) is 0. The third-order valence-electron chi connectivity index (χ3n) is 4.16. The largest absolute Gasteiger partial charge is 0.481 e. The van der Waals surface area contributed by atoms with Crippen LogP contribution in [0.1, 0.15) is 32.8 Å². The SMILES string of the molecule is COc1ncc(F)cc1C1=CC2COCC(C1)N2C(=O)OC(C)(C)C. The van der Waals surface area contributed by atoms with E-state index in [0.717, 1.165) is 11.8 Å². The van der Waals surface area contributed by atoms with Gasteiger partial charge in [-0.2, -0.15) is 0 Å². The number of carbonyl (C=O) groups excluding carboxylic acids is 1. The molecule has 1 aromatic heterocycles.